The Labute approximate surface area is 76.2 Å². The van der Waals surface area contributed by atoms with E-state index in [4.69, 9.17) is 0 Å². The lowest BCUT2D eigenvalue weighted by Crippen LogP contribution is -1.91. The fourth-order valence-corrected chi connectivity index (χ4v) is 1.09. The predicted octanol–water partition coefficient (Wildman–Crippen LogP) is 3.55. The summed E-state index contributed by atoms with van der Waals surface area (Å²) in [6, 6.07) is 3.76. The average Bonchev–Trinajstić information content (AvgIpc) is 2.04. The molecule has 0 aliphatic heterocycles. The van der Waals surface area contributed by atoms with Gasteiger partial charge in [0.2, 0.25) is 0 Å². The molecule has 0 bridgehead atoms. The van der Waals surface area contributed by atoms with Gasteiger partial charge in [-0.3, -0.25) is 0 Å². The van der Waals surface area contributed by atoms with Gasteiger partial charge in [-0.1, -0.05) is 24.8 Å². The molecule has 0 heterocycles. The first-order valence-corrected chi connectivity index (χ1v) is 3.92. The van der Waals surface area contributed by atoms with E-state index in [9.17, 15) is 8.78 Å². The lowest BCUT2D eigenvalue weighted by atomic mass is 10.1. The van der Waals surface area contributed by atoms with Crippen molar-refractivity contribution in [2.24, 2.45) is 0 Å². The molecule has 0 atom stereocenters. The van der Waals surface area contributed by atoms with Crippen molar-refractivity contribution in [2.75, 3.05) is 0 Å². The van der Waals surface area contributed by atoms with E-state index in [1.165, 1.54) is 18.2 Å². The second-order valence-electron chi connectivity index (χ2n) is 2.62. The van der Waals surface area contributed by atoms with Crippen molar-refractivity contribution in [1.82, 2.24) is 0 Å². The SMILES string of the molecule is C=C(/C=C\C)c1c(F)cccc1F. The highest BCUT2D eigenvalue weighted by Gasteiger charge is 2.08. The van der Waals surface area contributed by atoms with E-state index in [2.05, 4.69) is 6.58 Å². The third-order valence-corrected chi connectivity index (χ3v) is 1.65. The fraction of sp³-hybridized carbons (Fsp3) is 0.0909. The third kappa shape index (κ3) is 2.02. The van der Waals surface area contributed by atoms with Crippen LogP contribution < -0.4 is 0 Å². The molecule has 2 heteroatoms. The van der Waals surface area contributed by atoms with Crippen molar-refractivity contribution in [2.45, 2.75) is 6.92 Å². The maximum absolute atomic E-state index is 13.1. The summed E-state index contributed by atoms with van der Waals surface area (Å²) in [6.07, 6.45) is 3.26. The van der Waals surface area contributed by atoms with Gasteiger partial charge in [0.25, 0.3) is 0 Å². The molecule has 1 rings (SSSR count). The minimum Gasteiger partial charge on any atom is -0.206 e. The summed E-state index contributed by atoms with van der Waals surface area (Å²) in [6.45, 7) is 5.34. The minimum atomic E-state index is -0.580. The molecule has 0 nitrogen and oxygen atoms in total. The Morgan fingerprint density at radius 1 is 1.31 bits per heavy atom. The monoisotopic (exact) mass is 180 g/mol. The molecule has 0 fully saturated rings. The van der Waals surface area contributed by atoms with Crippen LogP contribution in [0.3, 0.4) is 0 Å². The van der Waals surface area contributed by atoms with Gasteiger partial charge in [0.05, 0.1) is 5.56 Å². The van der Waals surface area contributed by atoms with Crippen LogP contribution in [0.4, 0.5) is 8.78 Å². The molecule has 13 heavy (non-hydrogen) atoms. The van der Waals surface area contributed by atoms with Gasteiger partial charge in [0, 0.05) is 0 Å². The van der Waals surface area contributed by atoms with Crippen LogP contribution in [0, 0.1) is 11.6 Å². The van der Waals surface area contributed by atoms with E-state index in [1.807, 2.05) is 0 Å². The minimum absolute atomic E-state index is 0.0550. The van der Waals surface area contributed by atoms with Gasteiger partial charge in [-0.15, -0.1) is 0 Å². The molecule has 0 aromatic heterocycles. The molecule has 1 aromatic carbocycles. The summed E-state index contributed by atoms with van der Waals surface area (Å²) in [5, 5.41) is 0. The molecule has 0 spiro atoms. The number of halogens is 2. The van der Waals surface area contributed by atoms with Gasteiger partial charge in [-0.05, 0) is 24.6 Å². The smallest absolute Gasteiger partial charge is 0.133 e. The van der Waals surface area contributed by atoms with Crippen molar-refractivity contribution in [3.63, 3.8) is 0 Å². The first-order chi connectivity index (χ1) is 6.16. The zero-order valence-electron chi connectivity index (χ0n) is 7.35. The lowest BCUT2D eigenvalue weighted by Gasteiger charge is -2.03. The van der Waals surface area contributed by atoms with Gasteiger partial charge in [-0.2, -0.15) is 0 Å². The fourth-order valence-electron chi connectivity index (χ4n) is 1.09. The Bertz CT molecular complexity index is 331. The molecule has 0 aliphatic rings. The lowest BCUT2D eigenvalue weighted by molar-refractivity contribution is 0.577. The van der Waals surface area contributed by atoms with Crippen molar-refractivity contribution in [1.29, 1.82) is 0 Å². The molecule has 0 aliphatic carbocycles. The van der Waals surface area contributed by atoms with Crippen LogP contribution in [0.1, 0.15) is 12.5 Å². The first kappa shape index (κ1) is 9.65. The molecule has 1 aromatic rings. The Morgan fingerprint density at radius 2 is 1.85 bits per heavy atom. The Kier molecular flexibility index (Phi) is 2.96. The van der Waals surface area contributed by atoms with Crippen LogP contribution >= 0.6 is 0 Å². The normalized spacial score (nSPS) is 10.7. The van der Waals surface area contributed by atoms with Crippen molar-refractivity contribution >= 4 is 5.57 Å². The summed E-state index contributed by atoms with van der Waals surface area (Å²) in [4.78, 5) is 0. The van der Waals surface area contributed by atoms with Crippen molar-refractivity contribution in [3.8, 4) is 0 Å². The predicted molar refractivity (Wildman–Crippen MR) is 50.2 cm³/mol. The van der Waals surface area contributed by atoms with Crippen LogP contribution in [-0.4, -0.2) is 0 Å². The van der Waals surface area contributed by atoms with Crippen LogP contribution in [0.25, 0.3) is 5.57 Å². The second kappa shape index (κ2) is 3.99. The molecule has 0 N–H and O–H groups in total. The third-order valence-electron chi connectivity index (χ3n) is 1.65. The number of allylic oxidation sites excluding steroid dienone is 3. The Hall–Kier alpha value is -1.44. The van der Waals surface area contributed by atoms with Crippen LogP contribution in [-0.2, 0) is 0 Å². The summed E-state index contributed by atoms with van der Waals surface area (Å²) in [5.74, 6) is -1.16. The maximum Gasteiger partial charge on any atom is 0.133 e. The van der Waals surface area contributed by atoms with E-state index >= 15 is 0 Å². The molecular formula is C11H10F2. The van der Waals surface area contributed by atoms with Gasteiger partial charge < -0.3 is 0 Å². The molecule has 0 saturated carbocycles. The molecule has 0 amide bonds. The zero-order chi connectivity index (χ0) is 9.84. The Balaban J connectivity index is 3.20. The summed E-state index contributed by atoms with van der Waals surface area (Å²) < 4.78 is 26.2. The first-order valence-electron chi connectivity index (χ1n) is 3.92. The maximum atomic E-state index is 13.1. The largest absolute Gasteiger partial charge is 0.206 e. The molecular weight excluding hydrogens is 170 g/mol. The van der Waals surface area contributed by atoms with E-state index in [-0.39, 0.29) is 5.56 Å². The molecule has 68 valence electrons. The second-order valence-corrected chi connectivity index (χ2v) is 2.62. The van der Waals surface area contributed by atoms with E-state index in [1.54, 1.807) is 19.1 Å². The van der Waals surface area contributed by atoms with Crippen molar-refractivity contribution in [3.05, 3.63) is 54.1 Å². The van der Waals surface area contributed by atoms with Gasteiger partial charge in [-0.25, -0.2) is 8.78 Å². The van der Waals surface area contributed by atoms with Crippen molar-refractivity contribution < 1.29 is 8.78 Å². The summed E-state index contributed by atoms with van der Waals surface area (Å²) in [5.41, 5.74) is 0.290. The average molecular weight is 180 g/mol. The highest BCUT2D eigenvalue weighted by atomic mass is 19.1. The van der Waals surface area contributed by atoms with Crippen LogP contribution in [0.2, 0.25) is 0 Å². The van der Waals surface area contributed by atoms with Crippen LogP contribution in [0.5, 0.6) is 0 Å². The molecule has 0 saturated heterocycles. The van der Waals surface area contributed by atoms with Crippen LogP contribution in [0.15, 0.2) is 36.9 Å². The zero-order valence-corrected chi connectivity index (χ0v) is 7.35. The standard InChI is InChI=1S/C11H10F2/c1-3-5-8(2)11-9(12)6-4-7-10(11)13/h3-7H,2H2,1H3/b5-3-. The topological polar surface area (TPSA) is 0 Å². The van der Waals surface area contributed by atoms with E-state index < -0.39 is 11.6 Å². The molecule has 0 unspecified atom stereocenters. The van der Waals surface area contributed by atoms with Gasteiger partial charge in [0.15, 0.2) is 0 Å². The van der Waals surface area contributed by atoms with E-state index in [0.717, 1.165) is 0 Å². The summed E-state index contributed by atoms with van der Waals surface area (Å²) in [7, 11) is 0. The van der Waals surface area contributed by atoms with Gasteiger partial charge >= 0.3 is 0 Å². The Morgan fingerprint density at radius 3 is 2.31 bits per heavy atom. The number of hydrogen-bond acceptors (Lipinski definition) is 0. The van der Waals surface area contributed by atoms with Gasteiger partial charge in [0.1, 0.15) is 11.6 Å². The number of hydrogen-bond donors (Lipinski definition) is 0. The summed E-state index contributed by atoms with van der Waals surface area (Å²) >= 11 is 0. The molecule has 0 radical (unpaired) electrons. The highest BCUT2D eigenvalue weighted by molar-refractivity contribution is 5.72. The number of rotatable bonds is 2. The highest BCUT2D eigenvalue weighted by Crippen LogP contribution is 2.20. The number of benzene rings is 1. The van der Waals surface area contributed by atoms with E-state index in [0.29, 0.717) is 5.57 Å². The quantitative estimate of drug-likeness (QED) is 0.610.